The number of rotatable bonds is 6. The number of carbonyl (C=O) groups is 1. The van der Waals surface area contributed by atoms with Gasteiger partial charge in [0.25, 0.3) is 0 Å². The van der Waals surface area contributed by atoms with Crippen molar-refractivity contribution in [3.63, 3.8) is 0 Å². The van der Waals surface area contributed by atoms with Crippen LogP contribution in [0.5, 0.6) is 0 Å². The van der Waals surface area contributed by atoms with Crippen molar-refractivity contribution < 1.29 is 30.0 Å². The first-order valence-electron chi connectivity index (χ1n) is 9.12. The third-order valence-corrected chi connectivity index (χ3v) is 6.39. The highest BCUT2D eigenvalue weighted by Gasteiger charge is 2.48. The van der Waals surface area contributed by atoms with E-state index >= 15 is 0 Å². The fourth-order valence-corrected chi connectivity index (χ4v) is 4.49. The molecule has 0 aliphatic carbocycles. The van der Waals surface area contributed by atoms with Crippen molar-refractivity contribution in [1.29, 1.82) is 0 Å². The summed E-state index contributed by atoms with van der Waals surface area (Å²) in [6, 6.07) is -1.20. The summed E-state index contributed by atoms with van der Waals surface area (Å²) in [5.74, 6) is 0.224. The highest BCUT2D eigenvalue weighted by Crippen LogP contribution is 2.30. The molecule has 0 bridgehead atoms. The highest BCUT2D eigenvalue weighted by molar-refractivity contribution is 7.99. The summed E-state index contributed by atoms with van der Waals surface area (Å²) in [6.07, 6.45) is -2.65. The molecule has 5 N–H and O–H groups in total. The van der Waals surface area contributed by atoms with Crippen molar-refractivity contribution in [2.45, 2.75) is 74.7 Å². The molecular formula is C17H33ClN2O6S. The molecule has 8 nitrogen and oxygen atoms in total. The Morgan fingerprint density at radius 1 is 1.30 bits per heavy atom. The van der Waals surface area contributed by atoms with Crippen LogP contribution in [0.3, 0.4) is 0 Å². The molecule has 5 unspecified atom stereocenters. The van der Waals surface area contributed by atoms with Gasteiger partial charge >= 0.3 is 0 Å². The largest absolute Gasteiger partial charge is 0.391 e. The van der Waals surface area contributed by atoms with Crippen molar-refractivity contribution >= 4 is 30.1 Å². The molecule has 2 rings (SSSR count). The number of halogens is 1. The molecule has 27 heavy (non-hydrogen) atoms. The summed E-state index contributed by atoms with van der Waals surface area (Å²) in [4.78, 5) is 14.8. The van der Waals surface area contributed by atoms with E-state index in [1.165, 1.54) is 18.7 Å². The zero-order chi connectivity index (χ0) is 19.6. The molecule has 0 aromatic carbocycles. The molecular weight excluding hydrogens is 396 g/mol. The Bertz CT molecular complexity index is 486. The number of carbonyl (C=O) groups excluding carboxylic acids is 1. The third-order valence-electron chi connectivity index (χ3n) is 5.54. The van der Waals surface area contributed by atoms with Gasteiger partial charge in [-0.15, -0.1) is 24.2 Å². The Hall–Kier alpha value is -0.130. The monoisotopic (exact) mass is 428 g/mol. The molecule has 2 aliphatic heterocycles. The van der Waals surface area contributed by atoms with E-state index in [2.05, 4.69) is 12.2 Å². The van der Waals surface area contributed by atoms with Gasteiger partial charge in [-0.3, -0.25) is 9.69 Å². The van der Waals surface area contributed by atoms with Crippen LogP contribution in [-0.4, -0.2) is 99.1 Å². The van der Waals surface area contributed by atoms with Gasteiger partial charge in [0, 0.05) is 6.54 Å². The topological polar surface area (TPSA) is 122 Å². The van der Waals surface area contributed by atoms with Gasteiger partial charge in [0.1, 0.15) is 29.9 Å². The third kappa shape index (κ3) is 5.48. The molecule has 1 amide bonds. The van der Waals surface area contributed by atoms with Crippen LogP contribution in [0.15, 0.2) is 0 Å². The summed E-state index contributed by atoms with van der Waals surface area (Å²) in [7, 11) is 1.90. The van der Waals surface area contributed by atoms with Crippen molar-refractivity contribution in [1.82, 2.24) is 10.2 Å². The van der Waals surface area contributed by atoms with Gasteiger partial charge in [-0.05, 0) is 32.6 Å². The van der Waals surface area contributed by atoms with E-state index < -0.39 is 42.0 Å². The van der Waals surface area contributed by atoms with E-state index in [1.807, 2.05) is 11.9 Å². The van der Waals surface area contributed by atoms with Gasteiger partial charge in [0.2, 0.25) is 5.91 Å². The van der Waals surface area contributed by atoms with Crippen LogP contribution >= 0.6 is 24.2 Å². The number of hydrogen-bond acceptors (Lipinski definition) is 8. The van der Waals surface area contributed by atoms with Gasteiger partial charge in [0.05, 0.1) is 18.2 Å². The number of nitrogens with zero attached hydrogens (tertiary/aromatic N) is 1. The summed E-state index contributed by atoms with van der Waals surface area (Å²) in [6.45, 7) is 4.44. The first-order valence-corrected chi connectivity index (χ1v) is 10.4. The van der Waals surface area contributed by atoms with E-state index in [9.17, 15) is 25.2 Å². The number of aliphatic hydroxyl groups is 4. The first-order chi connectivity index (χ1) is 12.2. The smallest absolute Gasteiger partial charge is 0.237 e. The molecule has 2 heterocycles. The predicted octanol–water partition coefficient (Wildman–Crippen LogP) is -0.825. The van der Waals surface area contributed by atoms with Gasteiger partial charge in [0.15, 0.2) is 0 Å². The normalized spacial score (nSPS) is 39.5. The zero-order valence-electron chi connectivity index (χ0n) is 16.2. The number of hydrogen-bond donors (Lipinski definition) is 5. The number of likely N-dealkylation sites (N-methyl/N-ethyl adjacent to an activating group) is 1. The fourth-order valence-electron chi connectivity index (χ4n) is 3.81. The molecule has 0 aromatic rings. The Morgan fingerprint density at radius 2 is 1.93 bits per heavy atom. The van der Waals surface area contributed by atoms with Crippen molar-refractivity contribution in [3.8, 4) is 0 Å². The average Bonchev–Trinajstić information content (AvgIpc) is 2.99. The summed E-state index contributed by atoms with van der Waals surface area (Å²) >= 11 is 1.19. The van der Waals surface area contributed by atoms with Crippen LogP contribution in [0, 0.1) is 5.92 Å². The molecule has 0 aromatic heterocycles. The molecule has 2 saturated heterocycles. The molecule has 2 aliphatic rings. The van der Waals surface area contributed by atoms with Crippen LogP contribution in [-0.2, 0) is 9.53 Å². The minimum absolute atomic E-state index is 0. The molecule has 160 valence electrons. The molecule has 9 atom stereocenters. The lowest BCUT2D eigenvalue weighted by Crippen LogP contribution is -2.65. The summed E-state index contributed by atoms with van der Waals surface area (Å²) in [5.41, 5.74) is -0.754. The number of likely N-dealkylation sites (tertiary alicyclic amines) is 1. The summed E-state index contributed by atoms with van der Waals surface area (Å²) < 4.78 is 5.70. The van der Waals surface area contributed by atoms with E-state index in [0.29, 0.717) is 5.92 Å². The quantitative estimate of drug-likeness (QED) is 0.372. The fraction of sp³-hybridized carbons (Fsp3) is 0.941. The zero-order valence-corrected chi connectivity index (χ0v) is 17.8. The second kappa shape index (κ2) is 10.6. The number of ether oxygens (including phenoxy) is 1. The number of thioether (sulfide) groups is 1. The molecule has 0 saturated carbocycles. The van der Waals surface area contributed by atoms with Crippen molar-refractivity contribution in [3.05, 3.63) is 0 Å². The van der Waals surface area contributed by atoms with Crippen LogP contribution in [0.1, 0.15) is 26.7 Å². The van der Waals surface area contributed by atoms with Crippen molar-refractivity contribution in [2.24, 2.45) is 5.92 Å². The Morgan fingerprint density at radius 3 is 2.41 bits per heavy atom. The SMILES string of the molecule is CCC1C[C@H](C(=O)NC(C(C)O)C2O[C@H](SC)C(O)[C@H](O)[C@H]2O)N(C)C1.Cl. The minimum Gasteiger partial charge on any atom is -0.391 e. The predicted molar refractivity (Wildman–Crippen MR) is 106 cm³/mol. The maximum Gasteiger partial charge on any atom is 0.237 e. The minimum atomic E-state index is -1.42. The summed E-state index contributed by atoms with van der Waals surface area (Å²) in [5, 5.41) is 43.4. The van der Waals surface area contributed by atoms with Gasteiger partial charge in [-0.1, -0.05) is 13.3 Å². The van der Waals surface area contributed by atoms with Crippen LogP contribution in [0.2, 0.25) is 0 Å². The van der Waals surface area contributed by atoms with Crippen LogP contribution in [0.25, 0.3) is 0 Å². The van der Waals surface area contributed by atoms with Crippen LogP contribution < -0.4 is 5.32 Å². The molecule has 10 heteroatoms. The number of aliphatic hydroxyl groups excluding tert-OH is 4. The lowest BCUT2D eigenvalue weighted by Gasteiger charge is -2.44. The number of amides is 1. The standard InChI is InChI=1S/C17H32N2O6S.ClH/c1-5-9-6-10(19(3)7-9)16(24)18-11(8(2)20)15-13(22)12(21)14(23)17(25-15)26-4;/h8-15,17,20-23H,5-7H2,1-4H3,(H,18,24);1H/t8?,9?,10-,11?,12-,13-,14?,15?,17-;/m1./s1. The van der Waals surface area contributed by atoms with Gasteiger partial charge in [-0.25, -0.2) is 0 Å². The van der Waals surface area contributed by atoms with Gasteiger partial charge < -0.3 is 30.5 Å². The van der Waals surface area contributed by atoms with Crippen molar-refractivity contribution in [2.75, 3.05) is 19.8 Å². The number of nitrogens with one attached hydrogen (secondary N) is 1. The Balaban J connectivity index is 0.00000364. The Labute approximate surface area is 171 Å². The molecule has 0 spiro atoms. The van der Waals surface area contributed by atoms with Crippen LogP contribution in [0.4, 0.5) is 0 Å². The maximum atomic E-state index is 12.8. The second-order valence-electron chi connectivity index (χ2n) is 7.42. The first kappa shape index (κ1) is 24.9. The molecule has 0 radical (unpaired) electrons. The lowest BCUT2D eigenvalue weighted by atomic mass is 9.92. The molecule has 2 fully saturated rings. The lowest BCUT2D eigenvalue weighted by molar-refractivity contribution is -0.211. The van der Waals surface area contributed by atoms with E-state index in [0.717, 1.165) is 19.4 Å². The van der Waals surface area contributed by atoms with E-state index in [4.69, 9.17) is 4.74 Å². The Kier molecular flexibility index (Phi) is 9.77. The highest BCUT2D eigenvalue weighted by atomic mass is 35.5. The second-order valence-corrected chi connectivity index (χ2v) is 8.35. The maximum absolute atomic E-state index is 12.8. The van der Waals surface area contributed by atoms with E-state index in [-0.39, 0.29) is 24.4 Å². The average molecular weight is 429 g/mol. The van der Waals surface area contributed by atoms with Gasteiger partial charge in [-0.2, -0.15) is 0 Å². The van der Waals surface area contributed by atoms with E-state index in [1.54, 1.807) is 6.26 Å².